The first kappa shape index (κ1) is 20.1. The first-order valence-electron chi connectivity index (χ1n) is 9.18. The Bertz CT molecular complexity index is 1110. The molecular weight excluding hydrogens is 418 g/mol. The Hall–Kier alpha value is -3.17. The highest BCUT2D eigenvalue weighted by molar-refractivity contribution is 7.99. The second-order valence-electron chi connectivity index (χ2n) is 6.18. The lowest BCUT2D eigenvalue weighted by Crippen LogP contribution is -2.25. The number of methoxy groups -OCH3 is 1. The third-order valence-electron chi connectivity index (χ3n) is 4.23. The number of rotatable bonds is 8. The minimum atomic E-state index is -0.0992. The van der Waals surface area contributed by atoms with Crippen molar-refractivity contribution in [1.82, 2.24) is 25.1 Å². The molecule has 4 rings (SSSR count). The average molecular weight is 438 g/mol. The van der Waals surface area contributed by atoms with E-state index >= 15 is 0 Å². The molecule has 9 heteroatoms. The lowest BCUT2D eigenvalue weighted by atomic mass is 10.3. The number of carbonyl (C=O) groups is 1. The zero-order valence-electron chi connectivity index (χ0n) is 16.2. The molecule has 0 radical (unpaired) electrons. The first-order valence-corrected chi connectivity index (χ1v) is 11.0. The van der Waals surface area contributed by atoms with E-state index in [-0.39, 0.29) is 11.7 Å². The Balaban J connectivity index is 1.55. The summed E-state index contributed by atoms with van der Waals surface area (Å²) in [4.78, 5) is 17.6. The van der Waals surface area contributed by atoms with Crippen molar-refractivity contribution in [1.29, 1.82) is 0 Å². The van der Waals surface area contributed by atoms with Crippen molar-refractivity contribution in [3.8, 4) is 22.1 Å². The summed E-state index contributed by atoms with van der Waals surface area (Å²) in [6, 6.07) is 17.3. The molecule has 1 N–H and O–H groups in total. The van der Waals surface area contributed by atoms with E-state index in [1.54, 1.807) is 24.6 Å². The molecule has 0 aliphatic rings. The molecule has 7 nitrogen and oxygen atoms in total. The van der Waals surface area contributed by atoms with Crippen molar-refractivity contribution in [3.05, 3.63) is 71.9 Å². The van der Waals surface area contributed by atoms with Crippen LogP contribution in [0.25, 0.3) is 16.4 Å². The van der Waals surface area contributed by atoms with Crippen LogP contribution < -0.4 is 10.1 Å². The number of thiophene rings is 1. The molecule has 3 aromatic heterocycles. The Morgan fingerprint density at radius 1 is 1.13 bits per heavy atom. The zero-order valence-corrected chi connectivity index (χ0v) is 17.8. The lowest BCUT2D eigenvalue weighted by Gasteiger charge is -2.13. The van der Waals surface area contributed by atoms with Crippen LogP contribution >= 0.6 is 23.1 Å². The normalized spacial score (nSPS) is 10.7. The molecule has 3 heterocycles. The molecule has 0 saturated carbocycles. The second-order valence-corrected chi connectivity index (χ2v) is 8.07. The van der Waals surface area contributed by atoms with Crippen LogP contribution in [0.3, 0.4) is 0 Å². The largest absolute Gasteiger partial charge is 0.495 e. The summed E-state index contributed by atoms with van der Waals surface area (Å²) in [5.41, 5.74) is 1.64. The van der Waals surface area contributed by atoms with E-state index in [2.05, 4.69) is 20.5 Å². The van der Waals surface area contributed by atoms with Crippen LogP contribution in [0.4, 0.5) is 0 Å². The number of carbonyl (C=O) groups excluding carboxylic acids is 1. The number of para-hydroxylation sites is 2. The molecule has 0 fully saturated rings. The van der Waals surface area contributed by atoms with Gasteiger partial charge in [0.05, 0.1) is 35.7 Å². The molecule has 0 aliphatic carbocycles. The maximum atomic E-state index is 12.4. The third-order valence-corrected chi connectivity index (χ3v) is 6.02. The summed E-state index contributed by atoms with van der Waals surface area (Å²) < 4.78 is 7.47. The van der Waals surface area contributed by atoms with Gasteiger partial charge in [-0.15, -0.1) is 21.5 Å². The van der Waals surface area contributed by atoms with E-state index in [0.717, 1.165) is 16.3 Å². The molecule has 152 valence electrons. The van der Waals surface area contributed by atoms with Gasteiger partial charge >= 0.3 is 0 Å². The van der Waals surface area contributed by atoms with Crippen LogP contribution in [-0.4, -0.2) is 38.5 Å². The van der Waals surface area contributed by atoms with E-state index < -0.39 is 0 Å². The van der Waals surface area contributed by atoms with Gasteiger partial charge in [-0.2, -0.15) is 0 Å². The number of aromatic nitrogens is 4. The number of benzene rings is 1. The minimum Gasteiger partial charge on any atom is -0.495 e. The molecule has 0 spiro atoms. The maximum Gasteiger partial charge on any atom is 0.230 e. The Kier molecular flexibility index (Phi) is 6.41. The van der Waals surface area contributed by atoms with Gasteiger partial charge in [0.2, 0.25) is 5.91 Å². The van der Waals surface area contributed by atoms with Crippen molar-refractivity contribution < 1.29 is 9.53 Å². The van der Waals surface area contributed by atoms with Gasteiger partial charge in [-0.3, -0.25) is 14.3 Å². The summed E-state index contributed by atoms with van der Waals surface area (Å²) in [5.74, 6) is 1.53. The van der Waals surface area contributed by atoms with Gasteiger partial charge in [0, 0.05) is 6.20 Å². The highest BCUT2D eigenvalue weighted by Gasteiger charge is 2.20. The van der Waals surface area contributed by atoms with Crippen LogP contribution in [0, 0.1) is 0 Å². The summed E-state index contributed by atoms with van der Waals surface area (Å²) in [7, 11) is 1.63. The molecule has 0 saturated heterocycles. The van der Waals surface area contributed by atoms with Crippen LogP contribution in [0.5, 0.6) is 5.75 Å². The van der Waals surface area contributed by atoms with Gasteiger partial charge in [0.15, 0.2) is 11.0 Å². The Labute approximate surface area is 182 Å². The van der Waals surface area contributed by atoms with E-state index in [0.29, 0.717) is 23.3 Å². The van der Waals surface area contributed by atoms with Crippen LogP contribution in [0.15, 0.2) is 71.3 Å². The maximum absolute atomic E-state index is 12.4. The van der Waals surface area contributed by atoms with Crippen LogP contribution in [0.1, 0.15) is 5.69 Å². The molecule has 0 unspecified atom stereocenters. The number of pyridine rings is 1. The summed E-state index contributed by atoms with van der Waals surface area (Å²) >= 11 is 2.91. The summed E-state index contributed by atoms with van der Waals surface area (Å²) in [6.45, 7) is 0.389. The molecule has 0 atom stereocenters. The van der Waals surface area contributed by atoms with E-state index in [9.17, 15) is 4.79 Å². The summed E-state index contributed by atoms with van der Waals surface area (Å²) in [5, 5.41) is 14.2. The standard InChI is InChI=1S/C21H19N5O2S2/c1-28-17-9-3-2-8-16(17)26-20(18-10-6-12-29-18)24-25-21(26)30-14-19(27)23-13-15-7-4-5-11-22-15/h2-12H,13-14H2,1H3,(H,23,27). The van der Waals surface area contributed by atoms with Crippen molar-refractivity contribution >= 4 is 29.0 Å². The van der Waals surface area contributed by atoms with Crippen LogP contribution in [0.2, 0.25) is 0 Å². The third kappa shape index (κ3) is 4.52. The topological polar surface area (TPSA) is 81.9 Å². The predicted octanol–water partition coefficient (Wildman–Crippen LogP) is 3.81. The van der Waals surface area contributed by atoms with Crippen molar-refractivity contribution in [2.45, 2.75) is 11.7 Å². The molecule has 0 bridgehead atoms. The smallest absolute Gasteiger partial charge is 0.230 e. The molecule has 1 aromatic carbocycles. The number of thioether (sulfide) groups is 1. The van der Waals surface area contributed by atoms with E-state index in [1.807, 2.05) is 64.5 Å². The number of hydrogen-bond donors (Lipinski definition) is 1. The second kappa shape index (κ2) is 9.55. The van der Waals surface area contributed by atoms with Gasteiger partial charge in [-0.25, -0.2) is 0 Å². The van der Waals surface area contributed by atoms with Gasteiger partial charge in [0.25, 0.3) is 0 Å². The fraction of sp³-hybridized carbons (Fsp3) is 0.143. The van der Waals surface area contributed by atoms with Gasteiger partial charge in [-0.05, 0) is 35.7 Å². The number of nitrogens with zero attached hydrogens (tertiary/aromatic N) is 4. The zero-order chi connectivity index (χ0) is 20.8. The first-order chi connectivity index (χ1) is 14.8. The van der Waals surface area contributed by atoms with E-state index in [4.69, 9.17) is 4.74 Å². The average Bonchev–Trinajstić information content (AvgIpc) is 3.46. The van der Waals surface area contributed by atoms with Gasteiger partial charge < -0.3 is 10.1 Å². The number of ether oxygens (including phenoxy) is 1. The molecular formula is C21H19N5O2S2. The van der Waals surface area contributed by atoms with Crippen molar-refractivity contribution in [3.63, 3.8) is 0 Å². The minimum absolute atomic E-state index is 0.0992. The Morgan fingerprint density at radius 2 is 2.00 bits per heavy atom. The lowest BCUT2D eigenvalue weighted by molar-refractivity contribution is -0.118. The quantitative estimate of drug-likeness (QED) is 0.422. The van der Waals surface area contributed by atoms with E-state index in [1.165, 1.54) is 11.8 Å². The molecule has 4 aromatic rings. The fourth-order valence-corrected chi connectivity index (χ4v) is 4.31. The van der Waals surface area contributed by atoms with Crippen LogP contribution in [-0.2, 0) is 11.3 Å². The predicted molar refractivity (Wildman–Crippen MR) is 118 cm³/mol. The number of amides is 1. The molecule has 0 aliphatic heterocycles. The molecule has 1 amide bonds. The number of nitrogens with one attached hydrogen (secondary N) is 1. The molecule has 30 heavy (non-hydrogen) atoms. The van der Waals surface area contributed by atoms with Gasteiger partial charge in [-0.1, -0.05) is 36.0 Å². The fourth-order valence-electron chi connectivity index (χ4n) is 2.83. The van der Waals surface area contributed by atoms with Gasteiger partial charge in [0.1, 0.15) is 5.75 Å². The SMILES string of the molecule is COc1ccccc1-n1c(SCC(=O)NCc2ccccn2)nnc1-c1cccs1. The summed E-state index contributed by atoms with van der Waals surface area (Å²) in [6.07, 6.45) is 1.71. The monoisotopic (exact) mass is 437 g/mol. The Morgan fingerprint density at radius 3 is 2.77 bits per heavy atom. The highest BCUT2D eigenvalue weighted by Crippen LogP contribution is 2.33. The van der Waals surface area contributed by atoms with Crippen molar-refractivity contribution in [2.75, 3.05) is 12.9 Å². The number of hydrogen-bond acceptors (Lipinski definition) is 7. The van der Waals surface area contributed by atoms with Crippen molar-refractivity contribution in [2.24, 2.45) is 0 Å². The highest BCUT2D eigenvalue weighted by atomic mass is 32.2.